The Morgan fingerprint density at radius 2 is 2.10 bits per heavy atom. The molecule has 1 fully saturated rings. The van der Waals surface area contributed by atoms with E-state index in [0.717, 1.165) is 49.0 Å². The maximum atomic E-state index is 11.8. The number of carbonyl (C=O) groups is 1. The third-order valence-electron chi connectivity index (χ3n) is 4.70. The summed E-state index contributed by atoms with van der Waals surface area (Å²) in [5.74, 6) is 0.114. The predicted molar refractivity (Wildman–Crippen MR) is 82.6 cm³/mol. The summed E-state index contributed by atoms with van der Waals surface area (Å²) >= 11 is 6.24. The van der Waals surface area contributed by atoms with Crippen LogP contribution in [-0.2, 0) is 18.3 Å². The number of hydrogen-bond donors (Lipinski definition) is 1. The normalized spacial score (nSPS) is 18.0. The van der Waals surface area contributed by atoms with E-state index in [2.05, 4.69) is 4.98 Å². The largest absolute Gasteiger partial charge is 0.481 e. The van der Waals surface area contributed by atoms with Crippen LogP contribution in [0.4, 0.5) is 0 Å². The third-order valence-corrected chi connectivity index (χ3v) is 5.00. The average Bonchev–Trinajstić information content (AvgIpc) is 2.77. The number of rotatable bonds is 3. The molecule has 1 aromatic carbocycles. The van der Waals surface area contributed by atoms with Crippen molar-refractivity contribution in [3.63, 3.8) is 0 Å². The number of halogens is 1. The van der Waals surface area contributed by atoms with Gasteiger partial charge in [0.25, 0.3) is 0 Å². The first kappa shape index (κ1) is 14.4. The van der Waals surface area contributed by atoms with Crippen molar-refractivity contribution < 1.29 is 9.90 Å². The fourth-order valence-corrected chi connectivity index (χ4v) is 3.72. The van der Waals surface area contributed by atoms with Gasteiger partial charge in [0.15, 0.2) is 0 Å². The fourth-order valence-electron chi connectivity index (χ4n) is 3.42. The summed E-state index contributed by atoms with van der Waals surface area (Å²) in [5, 5.41) is 10.4. The maximum absolute atomic E-state index is 11.8. The van der Waals surface area contributed by atoms with Crippen LogP contribution in [0.25, 0.3) is 11.0 Å². The number of imidazole rings is 1. The molecular weight excluding hydrogens is 288 g/mol. The highest BCUT2D eigenvalue weighted by molar-refractivity contribution is 6.35. The Balaban J connectivity index is 2.02. The van der Waals surface area contributed by atoms with E-state index in [1.807, 2.05) is 29.8 Å². The molecule has 1 aliphatic carbocycles. The zero-order valence-electron chi connectivity index (χ0n) is 12.1. The number of hydrogen-bond acceptors (Lipinski definition) is 2. The molecule has 112 valence electrons. The van der Waals surface area contributed by atoms with Crippen LogP contribution >= 0.6 is 11.6 Å². The van der Waals surface area contributed by atoms with Gasteiger partial charge in [0, 0.05) is 13.5 Å². The van der Waals surface area contributed by atoms with Crippen LogP contribution in [0.1, 0.15) is 37.9 Å². The molecule has 0 bridgehead atoms. The first-order valence-electron chi connectivity index (χ1n) is 7.37. The van der Waals surface area contributed by atoms with Gasteiger partial charge in [-0.05, 0) is 25.0 Å². The minimum Gasteiger partial charge on any atom is -0.481 e. The lowest BCUT2D eigenvalue weighted by atomic mass is 9.71. The minimum atomic E-state index is -0.694. The number of nitrogens with zero attached hydrogens (tertiary/aromatic N) is 2. The zero-order chi connectivity index (χ0) is 15.0. The molecule has 0 atom stereocenters. The Hall–Kier alpha value is -1.55. The number of carboxylic acids is 1. The second-order valence-corrected chi connectivity index (χ2v) is 6.42. The lowest BCUT2D eigenvalue weighted by Gasteiger charge is -2.32. The lowest BCUT2D eigenvalue weighted by Crippen LogP contribution is -2.36. The monoisotopic (exact) mass is 306 g/mol. The summed E-state index contributed by atoms with van der Waals surface area (Å²) in [6.45, 7) is 0. The predicted octanol–water partition coefficient (Wildman–Crippen LogP) is 3.80. The molecular formula is C16H19ClN2O2. The first-order chi connectivity index (χ1) is 10.0. The van der Waals surface area contributed by atoms with Crippen molar-refractivity contribution in [3.05, 3.63) is 29.0 Å². The van der Waals surface area contributed by atoms with E-state index >= 15 is 0 Å². The average molecular weight is 307 g/mol. The molecule has 21 heavy (non-hydrogen) atoms. The van der Waals surface area contributed by atoms with Crippen LogP contribution in [0, 0.1) is 5.41 Å². The summed E-state index contributed by atoms with van der Waals surface area (Å²) in [5.41, 5.74) is 1.04. The number of aryl methyl sites for hydroxylation is 1. The molecule has 4 nitrogen and oxygen atoms in total. The quantitative estimate of drug-likeness (QED) is 0.938. The van der Waals surface area contributed by atoms with Gasteiger partial charge in [0.1, 0.15) is 5.82 Å². The summed E-state index contributed by atoms with van der Waals surface area (Å²) in [6, 6.07) is 5.62. The summed E-state index contributed by atoms with van der Waals surface area (Å²) in [4.78, 5) is 16.4. The van der Waals surface area contributed by atoms with Crippen LogP contribution in [0.3, 0.4) is 0 Å². The molecule has 1 aliphatic rings. The van der Waals surface area contributed by atoms with Gasteiger partial charge in [-0.25, -0.2) is 4.98 Å². The lowest BCUT2D eigenvalue weighted by molar-refractivity contribution is -0.151. The Morgan fingerprint density at radius 3 is 2.71 bits per heavy atom. The summed E-state index contributed by atoms with van der Waals surface area (Å²) in [7, 11) is 1.91. The molecule has 0 saturated heterocycles. The number of aliphatic carboxylic acids is 1. The highest BCUT2D eigenvalue weighted by atomic mass is 35.5. The van der Waals surface area contributed by atoms with Gasteiger partial charge in [0.05, 0.1) is 21.5 Å². The molecule has 0 unspecified atom stereocenters. The second kappa shape index (κ2) is 5.34. The van der Waals surface area contributed by atoms with Crippen LogP contribution < -0.4 is 0 Å². The highest BCUT2D eigenvalue weighted by Crippen LogP contribution is 2.40. The van der Waals surface area contributed by atoms with Gasteiger partial charge >= 0.3 is 5.97 Å². The second-order valence-electron chi connectivity index (χ2n) is 6.02. The van der Waals surface area contributed by atoms with Gasteiger partial charge in [-0.3, -0.25) is 4.79 Å². The summed E-state index contributed by atoms with van der Waals surface area (Å²) in [6.07, 6.45) is 5.04. The van der Waals surface area contributed by atoms with Gasteiger partial charge in [-0.1, -0.05) is 36.9 Å². The minimum absolute atomic E-state index is 0.476. The van der Waals surface area contributed by atoms with Crippen molar-refractivity contribution in [2.45, 2.75) is 38.5 Å². The van der Waals surface area contributed by atoms with E-state index in [1.54, 1.807) is 0 Å². The SMILES string of the molecule is Cn1c(CC2(C(=O)O)CCCCC2)nc2cccc(Cl)c21. The molecule has 0 amide bonds. The van der Waals surface area contributed by atoms with E-state index in [1.165, 1.54) is 0 Å². The van der Waals surface area contributed by atoms with Crippen molar-refractivity contribution in [1.29, 1.82) is 0 Å². The Morgan fingerprint density at radius 1 is 1.38 bits per heavy atom. The van der Waals surface area contributed by atoms with E-state index in [0.29, 0.717) is 11.4 Å². The molecule has 0 radical (unpaired) electrons. The fraction of sp³-hybridized carbons (Fsp3) is 0.500. The van der Waals surface area contributed by atoms with E-state index in [-0.39, 0.29) is 0 Å². The van der Waals surface area contributed by atoms with E-state index in [9.17, 15) is 9.90 Å². The Labute approximate surface area is 128 Å². The molecule has 1 saturated carbocycles. The molecule has 3 rings (SSSR count). The number of fused-ring (bicyclic) bond motifs is 1. The van der Waals surface area contributed by atoms with Crippen LogP contribution in [0.5, 0.6) is 0 Å². The van der Waals surface area contributed by atoms with Gasteiger partial charge in [-0.15, -0.1) is 0 Å². The Kier molecular flexibility index (Phi) is 3.66. The maximum Gasteiger partial charge on any atom is 0.310 e. The van der Waals surface area contributed by atoms with Crippen LogP contribution in [-0.4, -0.2) is 20.6 Å². The number of benzene rings is 1. The van der Waals surface area contributed by atoms with Crippen molar-refractivity contribution in [2.24, 2.45) is 12.5 Å². The molecule has 2 aromatic rings. The molecule has 1 aromatic heterocycles. The van der Waals surface area contributed by atoms with Crippen LogP contribution in [0.2, 0.25) is 5.02 Å². The van der Waals surface area contributed by atoms with Crippen LogP contribution in [0.15, 0.2) is 18.2 Å². The number of aromatic nitrogens is 2. The smallest absolute Gasteiger partial charge is 0.310 e. The topological polar surface area (TPSA) is 55.1 Å². The van der Waals surface area contributed by atoms with Gasteiger partial charge in [-0.2, -0.15) is 0 Å². The molecule has 5 heteroatoms. The van der Waals surface area contributed by atoms with E-state index < -0.39 is 11.4 Å². The third kappa shape index (κ3) is 2.42. The summed E-state index contributed by atoms with van der Waals surface area (Å²) < 4.78 is 1.94. The Bertz CT molecular complexity index is 687. The zero-order valence-corrected chi connectivity index (χ0v) is 12.9. The molecule has 0 aliphatic heterocycles. The molecule has 0 spiro atoms. The first-order valence-corrected chi connectivity index (χ1v) is 7.74. The van der Waals surface area contributed by atoms with Crippen molar-refractivity contribution >= 4 is 28.6 Å². The van der Waals surface area contributed by atoms with Crippen molar-refractivity contribution in [1.82, 2.24) is 9.55 Å². The number of para-hydroxylation sites is 1. The highest BCUT2D eigenvalue weighted by Gasteiger charge is 2.40. The molecule has 1 N–H and O–H groups in total. The number of carboxylic acid groups (broad SMARTS) is 1. The molecule has 1 heterocycles. The van der Waals surface area contributed by atoms with Gasteiger partial charge in [0.2, 0.25) is 0 Å². The van der Waals surface area contributed by atoms with Crippen molar-refractivity contribution in [2.75, 3.05) is 0 Å². The van der Waals surface area contributed by atoms with Gasteiger partial charge < -0.3 is 9.67 Å². The van der Waals surface area contributed by atoms with Crippen molar-refractivity contribution in [3.8, 4) is 0 Å². The standard InChI is InChI=1S/C16H19ClN2O2/c1-19-13(18-12-7-5-6-11(17)14(12)19)10-16(15(20)21)8-3-2-4-9-16/h5-7H,2-4,8-10H2,1H3,(H,20,21). The van der Waals surface area contributed by atoms with E-state index in [4.69, 9.17) is 11.6 Å².